The molecule has 1 amide bonds. The number of thiophene rings is 1. The van der Waals surface area contributed by atoms with Gasteiger partial charge in [-0.3, -0.25) is 4.79 Å². The first-order valence-corrected chi connectivity index (χ1v) is 9.71. The first kappa shape index (κ1) is 17.0. The molecule has 24 heavy (non-hydrogen) atoms. The van der Waals surface area contributed by atoms with Gasteiger partial charge in [0.1, 0.15) is 16.9 Å². The van der Waals surface area contributed by atoms with Crippen LogP contribution >= 0.6 is 23.1 Å². The smallest absolute Gasteiger partial charge is 0.225 e. The van der Waals surface area contributed by atoms with E-state index in [9.17, 15) is 14.4 Å². The van der Waals surface area contributed by atoms with Gasteiger partial charge in [-0.05, 0) is 43.4 Å². The highest BCUT2D eigenvalue weighted by atomic mass is 32.2. The quantitative estimate of drug-likeness (QED) is 0.782. The predicted octanol–water partition coefficient (Wildman–Crippen LogP) is 4.76. The first-order valence-electron chi connectivity index (χ1n) is 7.91. The van der Waals surface area contributed by atoms with Gasteiger partial charge in [0.25, 0.3) is 0 Å². The fourth-order valence-electron chi connectivity index (χ4n) is 2.78. The second-order valence-electron chi connectivity index (χ2n) is 5.60. The zero-order chi connectivity index (χ0) is 16.9. The molecular weight excluding hydrogens is 343 g/mol. The van der Waals surface area contributed by atoms with Gasteiger partial charge in [-0.25, -0.2) is 4.39 Å². The summed E-state index contributed by atoms with van der Waals surface area (Å²) in [5.74, 6) is 0.106. The fraction of sp³-hybridized carbons (Fsp3) is 0.333. The average molecular weight is 360 g/mol. The number of rotatable bonds is 5. The van der Waals surface area contributed by atoms with E-state index in [1.165, 1.54) is 34.0 Å². The van der Waals surface area contributed by atoms with Gasteiger partial charge in [0.15, 0.2) is 0 Å². The van der Waals surface area contributed by atoms with Crippen LogP contribution in [0.3, 0.4) is 0 Å². The van der Waals surface area contributed by atoms with E-state index < -0.39 is 0 Å². The number of nitrogens with zero attached hydrogens (tertiary/aromatic N) is 1. The molecular formula is C18H17FN2OS2. The molecule has 1 N–H and O–H groups in total. The number of thioether (sulfide) groups is 1. The Labute approximate surface area is 148 Å². The van der Waals surface area contributed by atoms with Crippen LogP contribution in [0.5, 0.6) is 0 Å². The molecule has 0 saturated heterocycles. The molecule has 0 spiro atoms. The Morgan fingerprint density at radius 1 is 1.33 bits per heavy atom. The molecule has 124 valence electrons. The van der Waals surface area contributed by atoms with E-state index in [1.807, 2.05) is 0 Å². The number of hydrogen-bond acceptors (Lipinski definition) is 4. The van der Waals surface area contributed by atoms with Crippen LogP contribution in [-0.2, 0) is 17.6 Å². The van der Waals surface area contributed by atoms with Crippen molar-refractivity contribution in [1.82, 2.24) is 0 Å². The molecule has 0 bridgehead atoms. The van der Waals surface area contributed by atoms with Crippen molar-refractivity contribution in [2.75, 3.05) is 11.1 Å². The Hall–Kier alpha value is -1.84. The molecule has 3 rings (SSSR count). The summed E-state index contributed by atoms with van der Waals surface area (Å²) >= 11 is 2.85. The Bertz CT molecular complexity index is 795. The molecule has 0 unspecified atom stereocenters. The van der Waals surface area contributed by atoms with Gasteiger partial charge in [-0.2, -0.15) is 5.26 Å². The zero-order valence-corrected chi connectivity index (χ0v) is 14.7. The van der Waals surface area contributed by atoms with Crippen LogP contribution in [0.1, 0.15) is 35.3 Å². The third kappa shape index (κ3) is 3.80. The summed E-state index contributed by atoms with van der Waals surface area (Å²) in [5, 5.41) is 12.9. The third-order valence-corrected chi connectivity index (χ3v) is 6.22. The Balaban J connectivity index is 1.58. The highest BCUT2D eigenvalue weighted by molar-refractivity contribution is 7.99. The van der Waals surface area contributed by atoms with E-state index in [2.05, 4.69) is 11.4 Å². The summed E-state index contributed by atoms with van der Waals surface area (Å²) in [6, 6.07) is 8.79. The number of amides is 1. The maximum atomic E-state index is 13.5. The molecule has 1 aliphatic rings. The number of carbonyl (C=O) groups excluding carboxylic acids is 1. The number of anilines is 1. The summed E-state index contributed by atoms with van der Waals surface area (Å²) in [7, 11) is 0. The maximum Gasteiger partial charge on any atom is 0.225 e. The normalized spacial score (nSPS) is 13.2. The molecule has 1 aromatic carbocycles. The van der Waals surface area contributed by atoms with Gasteiger partial charge in [-0.1, -0.05) is 12.1 Å². The maximum absolute atomic E-state index is 13.5. The summed E-state index contributed by atoms with van der Waals surface area (Å²) in [6.45, 7) is 0. The van der Waals surface area contributed by atoms with Crippen molar-refractivity contribution in [3.8, 4) is 6.07 Å². The van der Waals surface area contributed by atoms with E-state index in [0.717, 1.165) is 31.2 Å². The van der Waals surface area contributed by atoms with Crippen molar-refractivity contribution in [2.45, 2.75) is 37.0 Å². The highest BCUT2D eigenvalue weighted by Gasteiger charge is 2.21. The van der Waals surface area contributed by atoms with Crippen molar-refractivity contribution in [3.63, 3.8) is 0 Å². The lowest BCUT2D eigenvalue weighted by Crippen LogP contribution is -2.12. The van der Waals surface area contributed by atoms with E-state index in [0.29, 0.717) is 21.2 Å². The minimum atomic E-state index is -0.263. The van der Waals surface area contributed by atoms with Crippen LogP contribution in [0, 0.1) is 17.1 Å². The minimum Gasteiger partial charge on any atom is -0.317 e. The molecule has 0 saturated carbocycles. The van der Waals surface area contributed by atoms with E-state index in [1.54, 1.807) is 18.2 Å². The third-order valence-electron chi connectivity index (χ3n) is 3.96. The topological polar surface area (TPSA) is 52.9 Å². The Morgan fingerprint density at radius 2 is 2.12 bits per heavy atom. The van der Waals surface area contributed by atoms with Crippen LogP contribution in [-0.4, -0.2) is 11.7 Å². The minimum absolute atomic E-state index is 0.131. The Morgan fingerprint density at radius 3 is 2.92 bits per heavy atom. The molecule has 0 aliphatic heterocycles. The van der Waals surface area contributed by atoms with Crippen LogP contribution in [0.4, 0.5) is 9.39 Å². The molecule has 0 radical (unpaired) electrons. The van der Waals surface area contributed by atoms with Gasteiger partial charge in [-0.15, -0.1) is 23.1 Å². The molecule has 6 heteroatoms. The highest BCUT2D eigenvalue weighted by Crippen LogP contribution is 2.37. The lowest BCUT2D eigenvalue weighted by Gasteiger charge is -2.09. The first-order chi connectivity index (χ1) is 11.7. The summed E-state index contributed by atoms with van der Waals surface area (Å²) in [4.78, 5) is 13.9. The molecule has 1 aliphatic carbocycles. The van der Waals surface area contributed by atoms with Crippen molar-refractivity contribution >= 4 is 34.0 Å². The molecule has 1 heterocycles. The number of benzene rings is 1. The molecule has 2 aromatic rings. The standard InChI is InChI=1S/C18H17FN2OS2/c19-14-6-2-4-8-16(14)23-10-9-17(22)21-18-13(11-20)12-5-1-3-7-15(12)24-18/h2,4,6,8H,1,3,5,7,9-10H2,(H,21,22). The van der Waals surface area contributed by atoms with Gasteiger partial charge in [0.05, 0.1) is 5.56 Å². The lowest BCUT2D eigenvalue weighted by atomic mass is 9.96. The van der Waals surface area contributed by atoms with E-state index in [4.69, 9.17) is 0 Å². The van der Waals surface area contributed by atoms with E-state index in [-0.39, 0.29) is 18.1 Å². The van der Waals surface area contributed by atoms with Crippen molar-refractivity contribution < 1.29 is 9.18 Å². The number of nitrogens with one attached hydrogen (secondary N) is 1. The Kier molecular flexibility index (Phi) is 5.54. The molecule has 0 atom stereocenters. The van der Waals surface area contributed by atoms with Crippen molar-refractivity contribution in [1.29, 1.82) is 5.26 Å². The van der Waals surface area contributed by atoms with Gasteiger partial charge >= 0.3 is 0 Å². The average Bonchev–Trinajstić information content (AvgIpc) is 2.93. The SMILES string of the molecule is N#Cc1c(NC(=O)CCSc2ccccc2F)sc2c1CCCC2. The van der Waals surface area contributed by atoms with E-state index >= 15 is 0 Å². The second-order valence-corrected chi connectivity index (χ2v) is 7.85. The number of hydrogen-bond donors (Lipinski definition) is 1. The summed E-state index contributed by atoms with van der Waals surface area (Å²) in [5.41, 5.74) is 1.74. The van der Waals surface area contributed by atoms with Crippen molar-refractivity contribution in [2.24, 2.45) is 0 Å². The summed E-state index contributed by atoms with van der Waals surface area (Å²) < 4.78 is 13.5. The summed E-state index contributed by atoms with van der Waals surface area (Å²) in [6.07, 6.45) is 4.45. The van der Waals surface area contributed by atoms with Gasteiger partial charge in [0.2, 0.25) is 5.91 Å². The van der Waals surface area contributed by atoms with Gasteiger partial charge < -0.3 is 5.32 Å². The lowest BCUT2D eigenvalue weighted by molar-refractivity contribution is -0.115. The molecule has 3 nitrogen and oxygen atoms in total. The number of nitriles is 1. The van der Waals surface area contributed by atoms with Crippen LogP contribution in [0.25, 0.3) is 0 Å². The van der Waals surface area contributed by atoms with Gasteiger partial charge in [0, 0.05) is 21.9 Å². The molecule has 1 aromatic heterocycles. The zero-order valence-electron chi connectivity index (χ0n) is 13.1. The predicted molar refractivity (Wildman–Crippen MR) is 96.0 cm³/mol. The number of carbonyl (C=O) groups is 1. The number of fused-ring (bicyclic) bond motifs is 1. The van der Waals surface area contributed by atoms with Crippen molar-refractivity contribution in [3.05, 3.63) is 46.1 Å². The van der Waals surface area contributed by atoms with Crippen LogP contribution in [0.15, 0.2) is 29.2 Å². The largest absolute Gasteiger partial charge is 0.317 e. The fourth-order valence-corrected chi connectivity index (χ4v) is 4.92. The number of aryl methyl sites for hydroxylation is 1. The monoisotopic (exact) mass is 360 g/mol. The second kappa shape index (κ2) is 7.82. The molecule has 0 fully saturated rings. The van der Waals surface area contributed by atoms with Crippen LogP contribution < -0.4 is 5.32 Å². The number of halogens is 1. The van der Waals surface area contributed by atoms with Crippen LogP contribution in [0.2, 0.25) is 0 Å².